The Labute approximate surface area is 94.2 Å². The molecular weight excluding hydrogens is 184 g/mol. The molecule has 0 bridgehead atoms. The first-order chi connectivity index (χ1) is 7.45. The molecular formula is C13H26N2. The molecule has 2 saturated heterocycles. The summed E-state index contributed by atoms with van der Waals surface area (Å²) in [5.41, 5.74) is 0. The molecule has 2 heterocycles. The molecule has 0 aliphatic carbocycles. The lowest BCUT2D eigenvalue weighted by molar-refractivity contribution is 0.306. The van der Waals surface area contributed by atoms with E-state index < -0.39 is 0 Å². The molecule has 2 nitrogen and oxygen atoms in total. The van der Waals surface area contributed by atoms with Crippen LogP contribution in [-0.4, -0.2) is 26.2 Å². The molecule has 2 heteroatoms. The van der Waals surface area contributed by atoms with E-state index in [0.29, 0.717) is 0 Å². The maximum Gasteiger partial charge on any atom is -0.00205 e. The highest BCUT2D eigenvalue weighted by atomic mass is 14.9. The predicted molar refractivity (Wildman–Crippen MR) is 65.0 cm³/mol. The van der Waals surface area contributed by atoms with Crippen LogP contribution in [0.5, 0.6) is 0 Å². The molecule has 0 radical (unpaired) electrons. The third-order valence-corrected chi connectivity index (χ3v) is 4.08. The highest BCUT2D eigenvalue weighted by Gasteiger charge is 2.15. The van der Waals surface area contributed by atoms with Gasteiger partial charge in [0.1, 0.15) is 0 Å². The number of hydrogen-bond donors (Lipinski definition) is 2. The largest absolute Gasteiger partial charge is 0.317 e. The molecule has 2 rings (SSSR count). The molecule has 0 spiro atoms. The molecule has 1 atom stereocenters. The van der Waals surface area contributed by atoms with Gasteiger partial charge >= 0.3 is 0 Å². The molecule has 0 amide bonds. The van der Waals surface area contributed by atoms with Crippen LogP contribution in [0.15, 0.2) is 0 Å². The van der Waals surface area contributed by atoms with Gasteiger partial charge in [0, 0.05) is 0 Å². The van der Waals surface area contributed by atoms with Gasteiger partial charge in [-0.1, -0.05) is 12.8 Å². The minimum Gasteiger partial charge on any atom is -0.317 e. The van der Waals surface area contributed by atoms with E-state index in [1.54, 1.807) is 0 Å². The van der Waals surface area contributed by atoms with Gasteiger partial charge in [-0.25, -0.2) is 0 Å². The maximum atomic E-state index is 3.51. The molecule has 2 aliphatic heterocycles. The van der Waals surface area contributed by atoms with Crippen molar-refractivity contribution in [2.24, 2.45) is 11.8 Å². The van der Waals surface area contributed by atoms with Crippen LogP contribution in [0.4, 0.5) is 0 Å². The second-order valence-corrected chi connectivity index (χ2v) is 5.34. The first kappa shape index (κ1) is 11.4. The quantitative estimate of drug-likeness (QED) is 0.743. The summed E-state index contributed by atoms with van der Waals surface area (Å²) >= 11 is 0. The summed E-state index contributed by atoms with van der Waals surface area (Å²) in [4.78, 5) is 0. The summed E-state index contributed by atoms with van der Waals surface area (Å²) in [6.07, 6.45) is 10.1. The second-order valence-electron chi connectivity index (χ2n) is 5.34. The topological polar surface area (TPSA) is 24.1 Å². The maximum absolute atomic E-state index is 3.51. The number of piperidine rings is 2. The van der Waals surface area contributed by atoms with Crippen LogP contribution in [0.1, 0.15) is 44.9 Å². The molecule has 2 N–H and O–H groups in total. The van der Waals surface area contributed by atoms with Crippen molar-refractivity contribution in [1.82, 2.24) is 10.6 Å². The van der Waals surface area contributed by atoms with E-state index in [1.807, 2.05) is 0 Å². The summed E-state index contributed by atoms with van der Waals surface area (Å²) < 4.78 is 0. The van der Waals surface area contributed by atoms with Gasteiger partial charge in [0.15, 0.2) is 0 Å². The molecule has 2 fully saturated rings. The van der Waals surface area contributed by atoms with E-state index in [-0.39, 0.29) is 0 Å². The van der Waals surface area contributed by atoms with Gasteiger partial charge in [0.25, 0.3) is 0 Å². The lowest BCUT2D eigenvalue weighted by Gasteiger charge is -2.25. The van der Waals surface area contributed by atoms with E-state index in [4.69, 9.17) is 0 Å². The summed E-state index contributed by atoms with van der Waals surface area (Å²) in [6, 6.07) is 0. The van der Waals surface area contributed by atoms with Gasteiger partial charge in [-0.15, -0.1) is 0 Å². The Balaban J connectivity index is 1.53. The molecule has 88 valence electrons. The smallest absolute Gasteiger partial charge is 0.00205 e. The predicted octanol–water partition coefficient (Wildman–Crippen LogP) is 2.16. The Morgan fingerprint density at radius 3 is 2.33 bits per heavy atom. The molecule has 15 heavy (non-hydrogen) atoms. The minimum absolute atomic E-state index is 0.987. The van der Waals surface area contributed by atoms with E-state index in [9.17, 15) is 0 Å². The lowest BCUT2D eigenvalue weighted by Crippen LogP contribution is -2.30. The van der Waals surface area contributed by atoms with Crippen molar-refractivity contribution in [2.75, 3.05) is 26.2 Å². The molecule has 0 aromatic carbocycles. The van der Waals surface area contributed by atoms with Crippen molar-refractivity contribution in [3.8, 4) is 0 Å². The summed E-state index contributed by atoms with van der Waals surface area (Å²) in [5, 5.41) is 6.96. The van der Waals surface area contributed by atoms with Crippen LogP contribution in [0.3, 0.4) is 0 Å². The van der Waals surface area contributed by atoms with Gasteiger partial charge in [-0.2, -0.15) is 0 Å². The Bertz CT molecular complexity index is 140. The number of hydrogen-bond acceptors (Lipinski definition) is 2. The molecule has 1 unspecified atom stereocenters. The zero-order chi connectivity index (χ0) is 10.3. The zero-order valence-electron chi connectivity index (χ0n) is 9.93. The van der Waals surface area contributed by atoms with E-state index in [2.05, 4.69) is 10.6 Å². The third-order valence-electron chi connectivity index (χ3n) is 4.08. The van der Waals surface area contributed by atoms with Crippen molar-refractivity contribution in [3.05, 3.63) is 0 Å². The summed E-state index contributed by atoms with van der Waals surface area (Å²) in [5.74, 6) is 2.02. The first-order valence-corrected chi connectivity index (χ1v) is 6.86. The van der Waals surface area contributed by atoms with Gasteiger partial charge in [0.05, 0.1) is 0 Å². The monoisotopic (exact) mass is 210 g/mol. The van der Waals surface area contributed by atoms with Crippen molar-refractivity contribution in [2.45, 2.75) is 44.9 Å². The van der Waals surface area contributed by atoms with Crippen LogP contribution >= 0.6 is 0 Å². The van der Waals surface area contributed by atoms with Crippen LogP contribution in [0, 0.1) is 11.8 Å². The van der Waals surface area contributed by atoms with Gasteiger partial charge in [-0.3, -0.25) is 0 Å². The van der Waals surface area contributed by atoms with Crippen LogP contribution in [-0.2, 0) is 0 Å². The average Bonchev–Trinajstić information content (AvgIpc) is 2.32. The summed E-state index contributed by atoms with van der Waals surface area (Å²) in [7, 11) is 0. The molecule has 0 aromatic heterocycles. The second kappa shape index (κ2) is 6.49. The van der Waals surface area contributed by atoms with E-state index in [0.717, 1.165) is 11.8 Å². The normalized spacial score (nSPS) is 29.2. The SMILES string of the molecule is C1CNCC(CCCC2CCNCC2)C1. The molecule has 0 aromatic rings. The molecule has 0 saturated carbocycles. The lowest BCUT2D eigenvalue weighted by atomic mass is 9.88. The fraction of sp³-hybridized carbons (Fsp3) is 1.00. The van der Waals surface area contributed by atoms with Crippen LogP contribution in [0.2, 0.25) is 0 Å². The first-order valence-electron chi connectivity index (χ1n) is 6.86. The number of rotatable bonds is 4. The highest BCUT2D eigenvalue weighted by Crippen LogP contribution is 2.22. The summed E-state index contributed by atoms with van der Waals surface area (Å²) in [6.45, 7) is 5.06. The third kappa shape index (κ3) is 4.12. The van der Waals surface area contributed by atoms with E-state index >= 15 is 0 Å². The highest BCUT2D eigenvalue weighted by molar-refractivity contribution is 4.72. The fourth-order valence-corrected chi connectivity index (χ4v) is 3.04. The Morgan fingerprint density at radius 1 is 0.800 bits per heavy atom. The molecule has 2 aliphatic rings. The Morgan fingerprint density at radius 2 is 1.60 bits per heavy atom. The average molecular weight is 210 g/mol. The zero-order valence-corrected chi connectivity index (χ0v) is 9.93. The van der Waals surface area contributed by atoms with Gasteiger partial charge in [-0.05, 0) is 70.1 Å². The van der Waals surface area contributed by atoms with Crippen LogP contribution < -0.4 is 10.6 Å². The van der Waals surface area contributed by atoms with Crippen molar-refractivity contribution >= 4 is 0 Å². The standard InChI is InChI=1S/C13H26N2/c1(3-12-6-9-14-10-7-12)4-13-5-2-8-15-11-13/h12-15H,1-11H2. The Hall–Kier alpha value is -0.0800. The van der Waals surface area contributed by atoms with E-state index in [1.165, 1.54) is 71.1 Å². The Kier molecular flexibility index (Phi) is 4.94. The van der Waals surface area contributed by atoms with Gasteiger partial charge < -0.3 is 10.6 Å². The van der Waals surface area contributed by atoms with Gasteiger partial charge in [0.2, 0.25) is 0 Å². The van der Waals surface area contributed by atoms with Crippen LogP contribution in [0.25, 0.3) is 0 Å². The van der Waals surface area contributed by atoms with Crippen molar-refractivity contribution in [1.29, 1.82) is 0 Å². The van der Waals surface area contributed by atoms with Crippen molar-refractivity contribution in [3.63, 3.8) is 0 Å². The fourth-order valence-electron chi connectivity index (χ4n) is 3.04. The van der Waals surface area contributed by atoms with Crippen molar-refractivity contribution < 1.29 is 0 Å². The minimum atomic E-state index is 0.987. The number of nitrogens with one attached hydrogen (secondary N) is 2.